The van der Waals surface area contributed by atoms with Crippen LogP contribution in [0.5, 0.6) is 0 Å². The second kappa shape index (κ2) is 5.27. The van der Waals surface area contributed by atoms with E-state index in [1.54, 1.807) is 18.6 Å². The molecule has 0 aromatic carbocycles. The Bertz CT molecular complexity index is 846. The van der Waals surface area contributed by atoms with Gasteiger partial charge >= 0.3 is 0 Å². The average molecular weight is 320 g/mol. The van der Waals surface area contributed by atoms with Gasteiger partial charge in [0.25, 0.3) is 11.7 Å². The fourth-order valence-corrected chi connectivity index (χ4v) is 2.91. The molecule has 1 saturated carbocycles. The molecule has 0 unspecified atom stereocenters. The summed E-state index contributed by atoms with van der Waals surface area (Å²) in [6.45, 7) is 0.666. The molecule has 2 aliphatic heterocycles. The van der Waals surface area contributed by atoms with Crippen LogP contribution in [0, 0.1) is 0 Å². The van der Waals surface area contributed by atoms with Crippen LogP contribution in [0.2, 0.25) is 0 Å². The maximum Gasteiger partial charge on any atom is 0.284 e. The summed E-state index contributed by atoms with van der Waals surface area (Å²) in [5.74, 6) is 3.30. The van der Waals surface area contributed by atoms with Crippen molar-refractivity contribution in [2.75, 3.05) is 16.8 Å². The van der Waals surface area contributed by atoms with Crippen molar-refractivity contribution in [1.82, 2.24) is 25.1 Å². The van der Waals surface area contributed by atoms with Crippen molar-refractivity contribution in [2.45, 2.75) is 18.8 Å². The fourth-order valence-electron chi connectivity index (χ4n) is 2.91. The van der Waals surface area contributed by atoms with Crippen LogP contribution in [0.4, 0.5) is 11.5 Å². The van der Waals surface area contributed by atoms with Crippen molar-refractivity contribution in [3.63, 3.8) is 0 Å². The largest absolute Gasteiger partial charge is 0.326 e. The molecule has 8 nitrogen and oxygen atoms in total. The number of aromatic amines is 1. The van der Waals surface area contributed by atoms with Crippen molar-refractivity contribution in [1.29, 1.82) is 0 Å². The molecule has 2 aromatic heterocycles. The van der Waals surface area contributed by atoms with Crippen LogP contribution in [0.3, 0.4) is 0 Å². The topological polar surface area (TPSA) is 88.0 Å². The number of rotatable bonds is 4. The van der Waals surface area contributed by atoms with E-state index in [9.17, 15) is 0 Å². The Labute approximate surface area is 138 Å². The summed E-state index contributed by atoms with van der Waals surface area (Å²) < 4.78 is 0. The minimum atomic E-state index is 0.648. The van der Waals surface area contributed by atoms with Gasteiger partial charge in [-0.05, 0) is 17.7 Å². The van der Waals surface area contributed by atoms with E-state index < -0.39 is 0 Å². The molecule has 0 atom stereocenters. The van der Waals surface area contributed by atoms with Crippen LogP contribution >= 0.6 is 0 Å². The molecule has 119 valence electrons. The third-order valence-electron chi connectivity index (χ3n) is 4.32. The maximum atomic E-state index is 4.44. The van der Waals surface area contributed by atoms with Gasteiger partial charge in [0.1, 0.15) is 12.9 Å². The second-order valence-corrected chi connectivity index (χ2v) is 6.06. The van der Waals surface area contributed by atoms with Crippen LogP contribution in [0.1, 0.15) is 24.5 Å². The Hall–Kier alpha value is -3.00. The smallest absolute Gasteiger partial charge is 0.284 e. The quantitative estimate of drug-likeness (QED) is 0.839. The van der Waals surface area contributed by atoms with E-state index in [1.807, 2.05) is 17.3 Å². The van der Waals surface area contributed by atoms with E-state index in [0.29, 0.717) is 12.5 Å². The number of H-pyrrole nitrogens is 1. The summed E-state index contributed by atoms with van der Waals surface area (Å²) in [6, 6.07) is 2.08. The number of aliphatic imine (C=N–C) groups is 1. The standard InChI is InChI=1S/C16H16N8/c1-2-11(1)13-5-14(22-21-13)20-16-9-23(12-6-17-10-18-7-12)8-15-19-3-4-24(15)16/h3-7,9-11H,1-2,8H2,(H2,20,21,22)/q+1. The Morgan fingerprint density at radius 2 is 2.12 bits per heavy atom. The number of nitrogens with zero attached hydrogens (tertiary/aromatic N) is 6. The lowest BCUT2D eigenvalue weighted by Gasteiger charge is -2.24. The predicted octanol–water partition coefficient (Wildman–Crippen LogP) is 1.83. The van der Waals surface area contributed by atoms with Crippen molar-refractivity contribution in [2.24, 2.45) is 4.99 Å². The number of anilines is 2. The molecule has 0 spiro atoms. The molecule has 1 radical (unpaired) electrons. The zero-order valence-corrected chi connectivity index (χ0v) is 12.9. The molecule has 24 heavy (non-hydrogen) atoms. The van der Waals surface area contributed by atoms with Crippen LogP contribution in [-0.4, -0.2) is 32.5 Å². The molecule has 8 heteroatoms. The number of hydrogen-bond donors (Lipinski definition) is 2. The first-order chi connectivity index (χ1) is 11.9. The molecule has 2 aromatic rings. The van der Waals surface area contributed by atoms with E-state index in [-0.39, 0.29) is 0 Å². The predicted molar refractivity (Wildman–Crippen MR) is 90.4 cm³/mol. The van der Waals surface area contributed by atoms with Crippen LogP contribution in [0.25, 0.3) is 0 Å². The highest BCUT2D eigenvalue weighted by Crippen LogP contribution is 2.39. The lowest BCUT2D eigenvalue weighted by atomic mass is 10.3. The molecule has 0 saturated heterocycles. The van der Waals surface area contributed by atoms with Gasteiger partial charge in [-0.15, -0.1) is 0 Å². The summed E-state index contributed by atoms with van der Waals surface area (Å²) in [6.07, 6.45) is 13.4. The number of aromatic nitrogens is 4. The lowest BCUT2D eigenvalue weighted by Crippen LogP contribution is -2.45. The third-order valence-corrected chi connectivity index (χ3v) is 4.32. The van der Waals surface area contributed by atoms with Crippen molar-refractivity contribution < 1.29 is 0 Å². The van der Waals surface area contributed by atoms with Crippen LogP contribution in [-0.2, 0) is 0 Å². The van der Waals surface area contributed by atoms with Crippen LogP contribution in [0.15, 0.2) is 54.2 Å². The minimum absolute atomic E-state index is 0.648. The highest BCUT2D eigenvalue weighted by atomic mass is 15.4. The molecule has 1 aliphatic carbocycles. The molecule has 4 heterocycles. The van der Waals surface area contributed by atoms with E-state index in [1.165, 1.54) is 24.9 Å². The Morgan fingerprint density at radius 1 is 1.25 bits per heavy atom. The summed E-state index contributed by atoms with van der Waals surface area (Å²) >= 11 is 0. The lowest BCUT2D eigenvalue weighted by molar-refractivity contribution is 0.812. The van der Waals surface area contributed by atoms with Crippen molar-refractivity contribution in [3.05, 3.63) is 54.9 Å². The molecule has 0 bridgehead atoms. The van der Waals surface area contributed by atoms with Gasteiger partial charge in [-0.3, -0.25) is 10.4 Å². The zero-order chi connectivity index (χ0) is 15.9. The molecule has 2 N–H and O–H groups in total. The number of hydrogen-bond acceptors (Lipinski definition) is 7. The molecular weight excluding hydrogens is 304 g/mol. The highest BCUT2D eigenvalue weighted by Gasteiger charge is 2.38. The Morgan fingerprint density at radius 3 is 2.96 bits per heavy atom. The molecule has 5 rings (SSSR count). The van der Waals surface area contributed by atoms with Gasteiger partial charge in [-0.25, -0.2) is 9.97 Å². The van der Waals surface area contributed by atoms with Gasteiger partial charge in [0, 0.05) is 17.7 Å². The highest BCUT2D eigenvalue weighted by molar-refractivity contribution is 5.95. The van der Waals surface area contributed by atoms with Gasteiger partial charge in [-0.2, -0.15) is 10.1 Å². The van der Waals surface area contributed by atoms with Crippen molar-refractivity contribution in [3.8, 4) is 0 Å². The molecule has 3 aliphatic rings. The first-order valence-corrected chi connectivity index (χ1v) is 7.95. The van der Waals surface area contributed by atoms with Crippen LogP contribution < -0.4 is 15.1 Å². The van der Waals surface area contributed by atoms with Gasteiger partial charge < -0.3 is 4.90 Å². The summed E-state index contributed by atoms with van der Waals surface area (Å²) in [5, 5.41) is 10.9. The summed E-state index contributed by atoms with van der Waals surface area (Å²) in [5.41, 5.74) is 2.12. The average Bonchev–Trinajstić information content (AvgIpc) is 3.17. The number of amidine groups is 1. The fraction of sp³-hybridized carbons (Fsp3) is 0.250. The first-order valence-electron chi connectivity index (χ1n) is 7.95. The van der Waals surface area contributed by atoms with Gasteiger partial charge in [-0.1, -0.05) is 0 Å². The Balaban J connectivity index is 1.45. The van der Waals surface area contributed by atoms with E-state index in [0.717, 1.165) is 23.2 Å². The minimum Gasteiger partial charge on any atom is -0.326 e. The second-order valence-electron chi connectivity index (χ2n) is 6.06. The van der Waals surface area contributed by atoms with Gasteiger partial charge in [0.2, 0.25) is 0 Å². The van der Waals surface area contributed by atoms with Gasteiger partial charge in [0.15, 0.2) is 12.0 Å². The van der Waals surface area contributed by atoms with E-state index >= 15 is 0 Å². The van der Waals surface area contributed by atoms with E-state index in [4.69, 9.17) is 0 Å². The van der Waals surface area contributed by atoms with Gasteiger partial charge in [0.05, 0.1) is 30.5 Å². The van der Waals surface area contributed by atoms with E-state index in [2.05, 4.69) is 41.4 Å². The maximum absolute atomic E-state index is 4.44. The zero-order valence-electron chi connectivity index (χ0n) is 12.9. The normalized spacial score (nSPS) is 19.9. The number of nitrogens with one attached hydrogen (secondary N) is 2. The SMILES string of the molecule is C1=C[N+]2C(Nc3cc(C4CC4)[nH]n3)=CN(c3cncnc3)CC2=N1. The molecule has 1 fully saturated rings. The summed E-state index contributed by atoms with van der Waals surface area (Å²) in [4.78, 5) is 16.7. The Kier molecular flexibility index (Phi) is 2.95. The molecular formula is C16H16N8+. The number of fused-ring (bicyclic) bond motifs is 1. The molecule has 0 amide bonds. The third kappa shape index (κ3) is 2.37. The summed E-state index contributed by atoms with van der Waals surface area (Å²) in [7, 11) is 0. The first kappa shape index (κ1) is 13.4. The van der Waals surface area contributed by atoms with Crippen molar-refractivity contribution >= 4 is 17.3 Å². The monoisotopic (exact) mass is 320 g/mol.